The highest BCUT2D eigenvalue weighted by Gasteiger charge is 2.42. The lowest BCUT2D eigenvalue weighted by atomic mass is 9.87. The number of aliphatic hydroxyl groups is 1. The number of halogens is 2. The van der Waals surface area contributed by atoms with Crippen molar-refractivity contribution in [1.82, 2.24) is 4.90 Å². The maximum Gasteiger partial charge on any atom is 0.339 e. The van der Waals surface area contributed by atoms with Gasteiger partial charge in [0.25, 0.3) is 0 Å². The number of ether oxygens (including phenoxy) is 2. The second kappa shape index (κ2) is 9.65. The van der Waals surface area contributed by atoms with E-state index >= 15 is 0 Å². The van der Waals surface area contributed by atoms with Crippen LogP contribution in [0.1, 0.15) is 34.3 Å². The van der Waals surface area contributed by atoms with Crippen LogP contribution in [0.25, 0.3) is 0 Å². The van der Waals surface area contributed by atoms with Gasteiger partial charge in [-0.15, -0.1) is 12.4 Å². The molecule has 4 rings (SSSR count). The molecular weight excluding hydrogens is 441 g/mol. The van der Waals surface area contributed by atoms with E-state index in [1.165, 1.54) is 6.07 Å². The first-order valence-corrected chi connectivity index (χ1v) is 10.6. The number of para-hydroxylation sites is 1. The number of aliphatic hydroxyl groups excluding tert-OH is 1. The summed E-state index contributed by atoms with van der Waals surface area (Å²) in [6, 6.07) is 10.8. The maximum absolute atomic E-state index is 11.4. The number of likely N-dealkylation sites (tertiary alicyclic amines) is 1. The van der Waals surface area contributed by atoms with Crippen LogP contribution in [-0.4, -0.2) is 59.0 Å². The van der Waals surface area contributed by atoms with Gasteiger partial charge in [0.1, 0.15) is 35.4 Å². The van der Waals surface area contributed by atoms with Gasteiger partial charge in [-0.3, -0.25) is 0 Å². The molecule has 0 aromatic heterocycles. The van der Waals surface area contributed by atoms with E-state index in [4.69, 9.17) is 21.1 Å². The zero-order chi connectivity index (χ0) is 21.3. The molecule has 168 valence electrons. The molecule has 0 bridgehead atoms. The largest absolute Gasteiger partial charge is 0.490 e. The number of hydrogen-bond donors (Lipinski definition) is 2. The van der Waals surface area contributed by atoms with Crippen LogP contribution in [0.5, 0.6) is 11.5 Å². The van der Waals surface area contributed by atoms with Crippen LogP contribution in [0.15, 0.2) is 36.4 Å². The van der Waals surface area contributed by atoms with Gasteiger partial charge in [-0.1, -0.05) is 23.7 Å². The molecule has 1 spiro atoms. The molecule has 8 heteroatoms. The predicted molar refractivity (Wildman–Crippen MR) is 121 cm³/mol. The second-order valence-corrected chi connectivity index (χ2v) is 8.67. The summed E-state index contributed by atoms with van der Waals surface area (Å²) in [5, 5.41) is 20.5. The van der Waals surface area contributed by atoms with Crippen LogP contribution in [0.2, 0.25) is 5.02 Å². The molecule has 6 nitrogen and oxygen atoms in total. The average Bonchev–Trinajstić information content (AvgIpc) is 3.05. The van der Waals surface area contributed by atoms with Gasteiger partial charge in [-0.25, -0.2) is 4.79 Å². The zero-order valence-corrected chi connectivity index (χ0v) is 18.9. The van der Waals surface area contributed by atoms with Gasteiger partial charge in [0.2, 0.25) is 0 Å². The Kier molecular flexibility index (Phi) is 7.37. The number of fused-ring (bicyclic) bond motifs is 1. The molecule has 2 heterocycles. The Balaban J connectivity index is 0.00000272. The smallest absolute Gasteiger partial charge is 0.339 e. The topological polar surface area (TPSA) is 79.2 Å². The molecule has 2 N–H and O–H groups in total. The van der Waals surface area contributed by atoms with Crippen LogP contribution in [0.4, 0.5) is 0 Å². The van der Waals surface area contributed by atoms with Crippen molar-refractivity contribution in [3.05, 3.63) is 58.1 Å². The summed E-state index contributed by atoms with van der Waals surface area (Å²) in [6.45, 7) is 3.97. The van der Waals surface area contributed by atoms with E-state index in [0.29, 0.717) is 12.3 Å². The molecule has 2 aliphatic rings. The number of carboxylic acid groups (broad SMARTS) is 1. The Hall–Kier alpha value is -1.99. The van der Waals surface area contributed by atoms with Gasteiger partial charge >= 0.3 is 5.97 Å². The van der Waals surface area contributed by atoms with Crippen LogP contribution in [0, 0.1) is 6.92 Å². The molecule has 31 heavy (non-hydrogen) atoms. The minimum atomic E-state index is -1.04. The average molecular weight is 468 g/mol. The van der Waals surface area contributed by atoms with E-state index in [-0.39, 0.29) is 30.2 Å². The van der Waals surface area contributed by atoms with E-state index in [1.807, 2.05) is 18.2 Å². The normalized spacial score (nSPS) is 18.0. The van der Waals surface area contributed by atoms with Crippen molar-refractivity contribution in [2.24, 2.45) is 0 Å². The fourth-order valence-electron chi connectivity index (χ4n) is 4.37. The Bertz CT molecular complexity index is 944. The van der Waals surface area contributed by atoms with Crippen molar-refractivity contribution in [3.63, 3.8) is 0 Å². The van der Waals surface area contributed by atoms with Gasteiger partial charge in [0, 0.05) is 43.9 Å². The van der Waals surface area contributed by atoms with E-state index in [1.54, 1.807) is 19.1 Å². The number of rotatable bonds is 6. The first-order chi connectivity index (χ1) is 14.3. The van der Waals surface area contributed by atoms with E-state index in [2.05, 4.69) is 4.90 Å². The Morgan fingerprint density at radius 1 is 1.29 bits per heavy atom. The zero-order valence-electron chi connectivity index (χ0n) is 17.3. The molecule has 1 fully saturated rings. The molecule has 0 amide bonds. The van der Waals surface area contributed by atoms with Crippen molar-refractivity contribution >= 4 is 30.0 Å². The lowest BCUT2D eigenvalue weighted by molar-refractivity contribution is -0.00207. The minimum Gasteiger partial charge on any atom is -0.490 e. The third-order valence-corrected chi connectivity index (χ3v) is 6.20. The van der Waals surface area contributed by atoms with Gasteiger partial charge < -0.3 is 24.6 Å². The molecule has 2 aromatic rings. The maximum atomic E-state index is 11.4. The first kappa shape index (κ1) is 23.7. The van der Waals surface area contributed by atoms with Crippen molar-refractivity contribution in [3.8, 4) is 11.5 Å². The standard InChI is InChI=1S/C23H26ClNO5.ClH/c1-15-3-2-4-19(22(27)28)21(15)29-14-18(26)13-25-9-7-23(8-10-25)12-16-11-17(24)5-6-20(16)30-23;/h2-6,11,18,26H,7-10,12-14H2,1H3,(H,27,28);1H/t18-;/m1./s1. The number of benzene rings is 2. The Labute approximate surface area is 193 Å². The SMILES string of the molecule is Cc1cccc(C(=O)O)c1OC[C@H](O)CN1CCC2(CC1)Cc1cc(Cl)ccc1O2.Cl. The molecule has 0 aliphatic carbocycles. The van der Waals surface area contributed by atoms with Gasteiger partial charge in [0.05, 0.1) is 0 Å². The van der Waals surface area contributed by atoms with E-state index in [9.17, 15) is 15.0 Å². The molecule has 1 saturated heterocycles. The minimum absolute atomic E-state index is 0. The quantitative estimate of drug-likeness (QED) is 0.668. The summed E-state index contributed by atoms with van der Waals surface area (Å²) in [5.74, 6) is 0.203. The summed E-state index contributed by atoms with van der Waals surface area (Å²) >= 11 is 6.11. The number of aromatic carboxylic acids is 1. The highest BCUT2D eigenvalue weighted by atomic mass is 35.5. The molecule has 0 unspecified atom stereocenters. The van der Waals surface area contributed by atoms with Gasteiger partial charge in [-0.05, 0) is 42.3 Å². The summed E-state index contributed by atoms with van der Waals surface area (Å²) in [7, 11) is 0. The van der Waals surface area contributed by atoms with Crippen molar-refractivity contribution in [2.45, 2.75) is 37.9 Å². The van der Waals surface area contributed by atoms with Gasteiger partial charge in [-0.2, -0.15) is 0 Å². The summed E-state index contributed by atoms with van der Waals surface area (Å²) in [5.41, 5.74) is 1.83. The van der Waals surface area contributed by atoms with E-state index in [0.717, 1.165) is 54.3 Å². The van der Waals surface area contributed by atoms with Crippen molar-refractivity contribution in [2.75, 3.05) is 26.2 Å². The number of piperidine rings is 1. The third kappa shape index (κ3) is 5.26. The molecule has 0 saturated carbocycles. The molecular formula is C23H27Cl2NO5. The lowest BCUT2D eigenvalue weighted by Gasteiger charge is -2.39. The van der Waals surface area contributed by atoms with Crippen LogP contribution in [0.3, 0.4) is 0 Å². The highest BCUT2D eigenvalue weighted by Crippen LogP contribution is 2.41. The molecule has 2 aromatic carbocycles. The number of carbonyl (C=O) groups is 1. The molecule has 2 aliphatic heterocycles. The fourth-order valence-corrected chi connectivity index (χ4v) is 4.56. The highest BCUT2D eigenvalue weighted by molar-refractivity contribution is 6.30. The second-order valence-electron chi connectivity index (χ2n) is 8.24. The van der Waals surface area contributed by atoms with E-state index < -0.39 is 12.1 Å². The first-order valence-electron chi connectivity index (χ1n) is 10.2. The molecule has 0 radical (unpaired) electrons. The monoisotopic (exact) mass is 467 g/mol. The number of hydrogen-bond acceptors (Lipinski definition) is 5. The van der Waals surface area contributed by atoms with Crippen LogP contribution < -0.4 is 9.47 Å². The number of nitrogens with zero attached hydrogens (tertiary/aromatic N) is 1. The van der Waals surface area contributed by atoms with Crippen molar-refractivity contribution < 1.29 is 24.5 Å². The van der Waals surface area contributed by atoms with Crippen molar-refractivity contribution in [1.29, 1.82) is 0 Å². The predicted octanol–water partition coefficient (Wildman–Crippen LogP) is 3.98. The van der Waals surface area contributed by atoms with Crippen LogP contribution in [-0.2, 0) is 6.42 Å². The number of β-amino-alcohol motifs (C(OH)–C–C–N with tert-alkyl or cyclic N) is 1. The Morgan fingerprint density at radius 3 is 2.74 bits per heavy atom. The number of aryl methyl sites for hydroxylation is 1. The third-order valence-electron chi connectivity index (χ3n) is 5.96. The van der Waals surface area contributed by atoms with Crippen LogP contribution >= 0.6 is 24.0 Å². The number of carboxylic acids is 1. The summed E-state index contributed by atoms with van der Waals surface area (Å²) < 4.78 is 12.0. The van der Waals surface area contributed by atoms with Gasteiger partial charge in [0.15, 0.2) is 0 Å². The summed E-state index contributed by atoms with van der Waals surface area (Å²) in [4.78, 5) is 13.6. The fraction of sp³-hybridized carbons (Fsp3) is 0.435. The lowest BCUT2D eigenvalue weighted by Crippen LogP contribution is -2.49. The molecule has 1 atom stereocenters. The summed E-state index contributed by atoms with van der Waals surface area (Å²) in [6.07, 6.45) is 1.93. The Morgan fingerprint density at radius 2 is 2.03 bits per heavy atom.